The topological polar surface area (TPSA) is 37.0 Å². The molecule has 3 heteroatoms. The van der Waals surface area contributed by atoms with Crippen LogP contribution in [0, 0.1) is 0 Å². The van der Waals surface area contributed by atoms with Crippen LogP contribution in [0.25, 0.3) is 0 Å². The monoisotopic (exact) mass is 124 g/mol. The number of hydrogen-bond acceptors (Lipinski definition) is 2. The Morgan fingerprint density at radius 1 is 1.78 bits per heavy atom. The fourth-order valence-corrected chi connectivity index (χ4v) is 0.499. The van der Waals surface area contributed by atoms with Crippen LogP contribution in [-0.4, -0.2) is 4.98 Å². The maximum Gasteiger partial charge on any atom is 0.138 e. The van der Waals surface area contributed by atoms with Gasteiger partial charge in [0.25, 0.3) is 0 Å². The molecule has 9 heavy (non-hydrogen) atoms. The van der Waals surface area contributed by atoms with E-state index in [0.29, 0.717) is 0 Å². The fraction of sp³-hybridized carbons (Fsp3) is 0. The van der Waals surface area contributed by atoms with Crippen molar-refractivity contribution < 1.29 is 4.84 Å². The molecular formula is C6H8N2O. The Morgan fingerprint density at radius 2 is 2.67 bits per heavy atom. The first kappa shape index (κ1) is 5.75. The van der Waals surface area contributed by atoms with Crippen LogP contribution >= 0.6 is 0 Å². The molecule has 0 aromatic carbocycles. The van der Waals surface area contributed by atoms with E-state index in [0.717, 1.165) is 5.82 Å². The lowest BCUT2D eigenvalue weighted by Gasteiger charge is -1.97. The van der Waals surface area contributed by atoms with Crippen LogP contribution in [0.2, 0.25) is 0 Å². The van der Waals surface area contributed by atoms with Crippen molar-refractivity contribution in [2.75, 3.05) is 5.48 Å². The van der Waals surface area contributed by atoms with Gasteiger partial charge in [0, 0.05) is 6.20 Å². The quantitative estimate of drug-likeness (QED) is 0.473. The van der Waals surface area contributed by atoms with Crippen molar-refractivity contribution in [1.29, 1.82) is 0 Å². The third kappa shape index (κ3) is 1.53. The number of rotatable bonds is 3. The molecule has 0 aliphatic carbocycles. The van der Waals surface area contributed by atoms with Crippen LogP contribution in [0.4, 0.5) is 5.82 Å². The van der Waals surface area contributed by atoms with E-state index in [1.165, 1.54) is 6.26 Å². The number of nitrogens with one attached hydrogen (secondary N) is 2. The summed E-state index contributed by atoms with van der Waals surface area (Å²) in [4.78, 5) is 7.55. The lowest BCUT2D eigenvalue weighted by molar-refractivity contribution is 0.329. The molecule has 0 saturated heterocycles. The summed E-state index contributed by atoms with van der Waals surface area (Å²) in [6, 6.07) is 3.72. The van der Waals surface area contributed by atoms with Gasteiger partial charge < -0.3 is 9.82 Å². The van der Waals surface area contributed by atoms with E-state index in [-0.39, 0.29) is 0 Å². The van der Waals surface area contributed by atoms with Gasteiger partial charge in [-0.1, -0.05) is 6.58 Å². The zero-order chi connectivity index (χ0) is 6.53. The molecule has 1 aromatic heterocycles. The van der Waals surface area contributed by atoms with E-state index in [4.69, 9.17) is 0 Å². The standard InChI is InChI=1S/C6H8N2O/c1-2-9-8-6-4-3-5-7-6/h2-5,7-8H,1H2. The van der Waals surface area contributed by atoms with Crippen molar-refractivity contribution in [1.82, 2.24) is 4.98 Å². The van der Waals surface area contributed by atoms with Crippen LogP contribution in [0.3, 0.4) is 0 Å². The van der Waals surface area contributed by atoms with E-state index in [2.05, 4.69) is 21.9 Å². The number of aromatic nitrogens is 1. The summed E-state index contributed by atoms with van der Waals surface area (Å²) in [5.74, 6) is 0.815. The first-order chi connectivity index (χ1) is 4.43. The molecule has 1 heterocycles. The molecule has 0 spiro atoms. The molecule has 3 nitrogen and oxygen atoms in total. The van der Waals surface area contributed by atoms with Crippen LogP contribution in [-0.2, 0) is 4.84 Å². The van der Waals surface area contributed by atoms with Gasteiger partial charge in [0.05, 0.1) is 0 Å². The summed E-state index contributed by atoms with van der Waals surface area (Å²) in [5.41, 5.74) is 2.60. The van der Waals surface area contributed by atoms with E-state index < -0.39 is 0 Å². The molecule has 0 saturated carbocycles. The number of aromatic amines is 1. The minimum atomic E-state index is 0.815. The molecule has 2 N–H and O–H groups in total. The lowest BCUT2D eigenvalue weighted by Crippen LogP contribution is -1.93. The zero-order valence-electron chi connectivity index (χ0n) is 4.92. The van der Waals surface area contributed by atoms with Gasteiger partial charge in [-0.2, -0.15) is 0 Å². The van der Waals surface area contributed by atoms with Gasteiger partial charge in [0.2, 0.25) is 0 Å². The predicted octanol–water partition coefficient (Wildman–Crippen LogP) is 1.50. The third-order valence-electron chi connectivity index (χ3n) is 0.850. The van der Waals surface area contributed by atoms with Crippen molar-refractivity contribution >= 4 is 5.82 Å². The predicted molar refractivity (Wildman–Crippen MR) is 35.7 cm³/mol. The molecule has 0 amide bonds. The molecule has 0 fully saturated rings. The molecule has 0 radical (unpaired) electrons. The highest BCUT2D eigenvalue weighted by molar-refractivity contribution is 5.31. The van der Waals surface area contributed by atoms with Crippen molar-refractivity contribution in [3.8, 4) is 0 Å². The van der Waals surface area contributed by atoms with Crippen LogP contribution in [0.15, 0.2) is 31.2 Å². The second kappa shape index (κ2) is 2.81. The Morgan fingerprint density at radius 3 is 3.22 bits per heavy atom. The normalized spacial score (nSPS) is 8.44. The van der Waals surface area contributed by atoms with Crippen molar-refractivity contribution in [3.05, 3.63) is 31.2 Å². The Bertz CT molecular complexity index is 169. The first-order valence-electron chi connectivity index (χ1n) is 2.59. The molecule has 0 aliphatic heterocycles. The largest absolute Gasteiger partial charge is 0.389 e. The highest BCUT2D eigenvalue weighted by atomic mass is 16.6. The average Bonchev–Trinajstić information content (AvgIpc) is 2.34. The summed E-state index contributed by atoms with van der Waals surface area (Å²) >= 11 is 0. The van der Waals surface area contributed by atoms with Gasteiger partial charge in [0.1, 0.15) is 12.1 Å². The van der Waals surface area contributed by atoms with Crippen LogP contribution in [0.5, 0.6) is 0 Å². The minimum Gasteiger partial charge on any atom is -0.389 e. The molecular weight excluding hydrogens is 116 g/mol. The second-order valence-electron chi connectivity index (χ2n) is 1.47. The summed E-state index contributed by atoms with van der Waals surface area (Å²) in [7, 11) is 0. The summed E-state index contributed by atoms with van der Waals surface area (Å²) < 4.78 is 0. The molecule has 0 aliphatic rings. The summed E-state index contributed by atoms with van der Waals surface area (Å²) in [5, 5.41) is 0. The Labute approximate surface area is 53.3 Å². The van der Waals surface area contributed by atoms with Crippen molar-refractivity contribution in [3.63, 3.8) is 0 Å². The van der Waals surface area contributed by atoms with Gasteiger partial charge >= 0.3 is 0 Å². The third-order valence-corrected chi connectivity index (χ3v) is 0.850. The van der Waals surface area contributed by atoms with Crippen molar-refractivity contribution in [2.24, 2.45) is 0 Å². The molecule has 0 bridgehead atoms. The van der Waals surface area contributed by atoms with Crippen molar-refractivity contribution in [2.45, 2.75) is 0 Å². The van der Waals surface area contributed by atoms with E-state index >= 15 is 0 Å². The highest BCUT2D eigenvalue weighted by Crippen LogP contribution is 1.99. The smallest absolute Gasteiger partial charge is 0.138 e. The van der Waals surface area contributed by atoms with Gasteiger partial charge in [-0.05, 0) is 12.1 Å². The average molecular weight is 124 g/mol. The highest BCUT2D eigenvalue weighted by Gasteiger charge is 1.84. The molecule has 0 atom stereocenters. The van der Waals surface area contributed by atoms with E-state index in [9.17, 15) is 0 Å². The number of hydrogen-bond donors (Lipinski definition) is 2. The lowest BCUT2D eigenvalue weighted by atomic mass is 10.6. The molecule has 48 valence electrons. The second-order valence-corrected chi connectivity index (χ2v) is 1.47. The van der Waals surface area contributed by atoms with Gasteiger partial charge in [-0.15, -0.1) is 0 Å². The van der Waals surface area contributed by atoms with Gasteiger partial charge in [0.15, 0.2) is 0 Å². The fourth-order valence-electron chi connectivity index (χ4n) is 0.499. The maximum absolute atomic E-state index is 4.66. The van der Waals surface area contributed by atoms with Gasteiger partial charge in [-0.3, -0.25) is 0 Å². The molecule has 1 rings (SSSR count). The Hall–Kier alpha value is -1.38. The van der Waals surface area contributed by atoms with E-state index in [1.807, 2.05) is 12.1 Å². The van der Waals surface area contributed by atoms with Crippen LogP contribution < -0.4 is 5.48 Å². The number of anilines is 1. The van der Waals surface area contributed by atoms with E-state index in [1.54, 1.807) is 6.20 Å². The Balaban J connectivity index is 2.38. The minimum absolute atomic E-state index is 0.815. The van der Waals surface area contributed by atoms with Crippen LogP contribution in [0.1, 0.15) is 0 Å². The molecule has 0 unspecified atom stereocenters. The molecule has 1 aromatic rings. The first-order valence-corrected chi connectivity index (χ1v) is 2.59. The summed E-state index contributed by atoms with van der Waals surface area (Å²) in [6.45, 7) is 3.36. The van der Waals surface area contributed by atoms with Gasteiger partial charge in [-0.25, -0.2) is 5.48 Å². The maximum atomic E-state index is 4.66. The summed E-state index contributed by atoms with van der Waals surface area (Å²) in [6.07, 6.45) is 3.12. The number of H-pyrrole nitrogens is 1. The Kier molecular flexibility index (Phi) is 1.80. The SMILES string of the molecule is C=CONc1ccc[nH]1. The zero-order valence-corrected chi connectivity index (χ0v) is 4.92.